The van der Waals surface area contributed by atoms with E-state index in [-0.39, 0.29) is 58.1 Å². The quantitative estimate of drug-likeness (QED) is 0.208. The van der Waals surface area contributed by atoms with Crippen LogP contribution in [0.3, 0.4) is 0 Å². The van der Waals surface area contributed by atoms with Gasteiger partial charge in [-0.25, -0.2) is 0 Å². The summed E-state index contributed by atoms with van der Waals surface area (Å²) in [5, 5.41) is 26.1. The van der Waals surface area contributed by atoms with Gasteiger partial charge >= 0.3 is 29.6 Å². The van der Waals surface area contributed by atoms with E-state index >= 15 is 0 Å². The van der Waals surface area contributed by atoms with E-state index in [1.54, 1.807) is 6.07 Å². The van der Waals surface area contributed by atoms with Crippen LogP contribution in [0.1, 0.15) is 5.76 Å². The third-order valence-corrected chi connectivity index (χ3v) is 5.21. The molecule has 0 aromatic carbocycles. The molecular formula is C15H14N3NaO7S. The Balaban J connectivity index is 0.00000261. The monoisotopic (exact) mass is 403 g/mol. The molecule has 0 saturated carbocycles. The summed E-state index contributed by atoms with van der Waals surface area (Å²) in [4.78, 5) is 41.8. The number of fused-ring (bicyclic) bond motifs is 1. The maximum absolute atomic E-state index is 12.4. The molecule has 138 valence electrons. The zero-order valence-corrected chi connectivity index (χ0v) is 17.3. The third-order valence-electron chi connectivity index (χ3n) is 3.87. The molecule has 3 heterocycles. The summed E-state index contributed by atoms with van der Waals surface area (Å²) >= 11 is 1.23. The van der Waals surface area contributed by atoms with Crippen LogP contribution >= 0.6 is 11.8 Å². The Labute approximate surface area is 179 Å². The van der Waals surface area contributed by atoms with Gasteiger partial charge in [-0.3, -0.25) is 14.5 Å². The average Bonchev–Trinajstić information content (AvgIpc) is 3.16. The van der Waals surface area contributed by atoms with Gasteiger partial charge in [-0.1, -0.05) is 5.16 Å². The van der Waals surface area contributed by atoms with Gasteiger partial charge in [-0.15, -0.1) is 11.8 Å². The number of nitrogens with one attached hydrogen (secondary N) is 1. The number of aliphatic carboxylic acids is 1. The summed E-state index contributed by atoms with van der Waals surface area (Å²) < 4.78 is 5.12. The first kappa shape index (κ1) is 21.5. The van der Waals surface area contributed by atoms with Gasteiger partial charge in [0.2, 0.25) is 5.71 Å². The number of aliphatic hydroxyl groups is 1. The molecular weight excluding hydrogens is 389 g/mol. The van der Waals surface area contributed by atoms with Gasteiger partial charge in [0.25, 0.3) is 11.8 Å². The van der Waals surface area contributed by atoms with Crippen molar-refractivity contribution in [1.82, 2.24) is 10.2 Å². The van der Waals surface area contributed by atoms with E-state index in [1.165, 1.54) is 31.2 Å². The molecule has 2 amide bonds. The van der Waals surface area contributed by atoms with Crippen molar-refractivity contribution in [2.75, 3.05) is 19.5 Å². The van der Waals surface area contributed by atoms with E-state index in [4.69, 9.17) is 4.42 Å². The summed E-state index contributed by atoms with van der Waals surface area (Å²) in [6, 6.07) is 2.12. The van der Waals surface area contributed by atoms with Crippen molar-refractivity contribution in [2.24, 2.45) is 5.16 Å². The molecule has 0 radical (unpaired) electrons. The zero-order valence-electron chi connectivity index (χ0n) is 14.5. The molecule has 12 heteroatoms. The van der Waals surface area contributed by atoms with Gasteiger partial charge in [0.1, 0.15) is 18.5 Å². The first-order valence-electron chi connectivity index (χ1n) is 7.44. The number of carbonyl (C=O) groups excluding carboxylic acids is 3. The van der Waals surface area contributed by atoms with Crippen LogP contribution < -0.4 is 40.0 Å². The largest absolute Gasteiger partial charge is 1.00 e. The van der Waals surface area contributed by atoms with Crippen LogP contribution in [0.25, 0.3) is 0 Å². The van der Waals surface area contributed by atoms with Crippen molar-refractivity contribution in [2.45, 2.75) is 11.4 Å². The fourth-order valence-electron chi connectivity index (χ4n) is 2.71. The molecule has 2 N–H and O–H groups in total. The van der Waals surface area contributed by atoms with Gasteiger partial charge in [0.05, 0.1) is 24.5 Å². The van der Waals surface area contributed by atoms with Crippen LogP contribution in [0.2, 0.25) is 0 Å². The number of carbonyl (C=O) groups is 3. The number of carboxylic acids is 1. The maximum atomic E-state index is 12.4. The maximum Gasteiger partial charge on any atom is 1.00 e. The first-order chi connectivity index (χ1) is 12.5. The van der Waals surface area contributed by atoms with Crippen molar-refractivity contribution < 1.29 is 63.4 Å². The number of oxime groups is 1. The Hall–Kier alpha value is -1.79. The molecule has 27 heavy (non-hydrogen) atoms. The van der Waals surface area contributed by atoms with Gasteiger partial charge < -0.3 is 29.6 Å². The predicted molar refractivity (Wildman–Crippen MR) is 86.4 cm³/mol. The number of rotatable bonds is 6. The second kappa shape index (κ2) is 8.93. The molecule has 2 aliphatic rings. The SMILES string of the molecule is CON=C(C(=O)N[C@@H]1C(=O)N2C(C(=O)[O-])=C(CO)CS[C@@H]12)c1ccco1.[Na+]. The van der Waals surface area contributed by atoms with E-state index in [9.17, 15) is 24.6 Å². The first-order valence-corrected chi connectivity index (χ1v) is 8.49. The molecule has 1 saturated heterocycles. The van der Waals surface area contributed by atoms with Gasteiger partial charge in [-0.2, -0.15) is 0 Å². The van der Waals surface area contributed by atoms with E-state index in [2.05, 4.69) is 15.3 Å². The molecule has 1 fully saturated rings. The van der Waals surface area contributed by atoms with Crippen molar-refractivity contribution in [3.63, 3.8) is 0 Å². The summed E-state index contributed by atoms with van der Waals surface area (Å²) in [5.74, 6) is -2.50. The molecule has 2 atom stereocenters. The molecule has 1 aromatic rings. The molecule has 0 aliphatic carbocycles. The van der Waals surface area contributed by atoms with Gasteiger partial charge in [0, 0.05) is 5.75 Å². The number of thioether (sulfide) groups is 1. The van der Waals surface area contributed by atoms with Crippen LogP contribution in [0.15, 0.2) is 39.2 Å². The minimum absolute atomic E-state index is 0. The number of hydrogen-bond donors (Lipinski definition) is 2. The number of hydrogen-bond acceptors (Lipinski definition) is 9. The van der Waals surface area contributed by atoms with Crippen molar-refractivity contribution in [1.29, 1.82) is 0 Å². The molecule has 3 rings (SSSR count). The Bertz CT molecular complexity index is 808. The predicted octanol–water partition coefficient (Wildman–Crippen LogP) is -4.97. The number of nitrogens with zero attached hydrogens (tertiary/aromatic N) is 2. The minimum Gasteiger partial charge on any atom is -0.543 e. The second-order valence-electron chi connectivity index (χ2n) is 5.36. The fraction of sp³-hybridized carbons (Fsp3) is 0.333. The zero-order chi connectivity index (χ0) is 18.8. The Morgan fingerprint density at radius 2 is 2.30 bits per heavy atom. The van der Waals surface area contributed by atoms with Crippen LogP contribution in [-0.4, -0.2) is 64.4 Å². The van der Waals surface area contributed by atoms with Crippen LogP contribution in [0, 0.1) is 0 Å². The topological polar surface area (TPSA) is 144 Å². The number of carboxylic acid groups (broad SMARTS) is 1. The molecule has 0 bridgehead atoms. The summed E-state index contributed by atoms with van der Waals surface area (Å²) in [6.45, 7) is -0.493. The average molecular weight is 403 g/mol. The van der Waals surface area contributed by atoms with E-state index < -0.39 is 35.8 Å². The van der Waals surface area contributed by atoms with E-state index in [1.807, 2.05) is 0 Å². The summed E-state index contributed by atoms with van der Waals surface area (Å²) in [7, 11) is 1.26. The van der Waals surface area contributed by atoms with Gasteiger partial charge in [0.15, 0.2) is 5.76 Å². The standard InChI is InChI=1S/C15H15N3O7S.Na/c1-24-17-9(8-3-2-4-25-8)12(20)16-10-13(21)18-11(15(22)23)7(5-19)6-26-14(10)18;/h2-4,10,14,19H,5-6H2,1H3,(H,16,20)(H,22,23);/q;+1/p-1/t10-,14+;/m1./s1. The van der Waals surface area contributed by atoms with Crippen molar-refractivity contribution in [3.05, 3.63) is 35.4 Å². The normalized spacial score (nSPS) is 21.8. The third kappa shape index (κ3) is 3.92. The van der Waals surface area contributed by atoms with Crippen molar-refractivity contribution >= 4 is 35.3 Å². The summed E-state index contributed by atoms with van der Waals surface area (Å²) in [5.41, 5.74) is -0.304. The smallest absolute Gasteiger partial charge is 0.543 e. The summed E-state index contributed by atoms with van der Waals surface area (Å²) in [6.07, 6.45) is 1.36. The molecule has 10 nitrogen and oxygen atoms in total. The van der Waals surface area contributed by atoms with E-state index in [0.29, 0.717) is 0 Å². The van der Waals surface area contributed by atoms with Crippen molar-refractivity contribution in [3.8, 4) is 0 Å². The Morgan fingerprint density at radius 1 is 1.56 bits per heavy atom. The Kier molecular flexibility index (Phi) is 7.12. The molecule has 1 aromatic heterocycles. The molecule has 0 unspecified atom stereocenters. The van der Waals surface area contributed by atoms with Crippen LogP contribution in [0.5, 0.6) is 0 Å². The van der Waals surface area contributed by atoms with Crippen LogP contribution in [-0.2, 0) is 19.2 Å². The van der Waals surface area contributed by atoms with E-state index in [0.717, 1.165) is 4.90 Å². The van der Waals surface area contributed by atoms with Crippen LogP contribution in [0.4, 0.5) is 0 Å². The fourth-order valence-corrected chi connectivity index (χ4v) is 4.04. The van der Waals surface area contributed by atoms with Gasteiger partial charge in [-0.05, 0) is 17.7 Å². The number of furan rings is 1. The minimum atomic E-state index is -1.55. The molecule has 2 aliphatic heterocycles. The Morgan fingerprint density at radius 3 is 2.85 bits per heavy atom. The number of β-lactam (4-membered cyclic amide) rings is 1. The molecule has 0 spiro atoms. The number of amides is 2. The number of aliphatic hydroxyl groups excluding tert-OH is 1. The second-order valence-corrected chi connectivity index (χ2v) is 6.46.